The summed E-state index contributed by atoms with van der Waals surface area (Å²) in [5.41, 5.74) is 2.29. The van der Waals surface area contributed by atoms with Gasteiger partial charge in [0.15, 0.2) is 5.79 Å². The first kappa shape index (κ1) is 31.6. The van der Waals surface area contributed by atoms with Gasteiger partial charge < -0.3 is 34.6 Å². The zero-order chi connectivity index (χ0) is 32.5. The van der Waals surface area contributed by atoms with Gasteiger partial charge in [-0.1, -0.05) is 48.6 Å². The predicted octanol–water partition coefficient (Wildman–Crippen LogP) is 3.90. The number of para-hydroxylation sites is 1. The van der Waals surface area contributed by atoms with E-state index in [9.17, 15) is 19.5 Å². The lowest BCUT2D eigenvalue weighted by atomic mass is 9.91. The number of phenols is 1. The summed E-state index contributed by atoms with van der Waals surface area (Å²) < 4.78 is 19.7. The molecule has 248 valence electrons. The Morgan fingerprint density at radius 3 is 2.49 bits per heavy atom. The summed E-state index contributed by atoms with van der Waals surface area (Å²) in [5.74, 6) is -0.997. The largest absolute Gasteiger partial charge is 0.508 e. The minimum Gasteiger partial charge on any atom is -0.508 e. The van der Waals surface area contributed by atoms with Gasteiger partial charge in [0.1, 0.15) is 30.1 Å². The number of carbonyl (C=O) groups excluding carboxylic acids is 3. The highest BCUT2D eigenvalue weighted by Gasteiger charge is 2.64. The smallest absolute Gasteiger partial charge is 0.339 e. The number of nitrogens with one attached hydrogen (secondary N) is 1. The summed E-state index contributed by atoms with van der Waals surface area (Å²) >= 11 is 0. The Morgan fingerprint density at radius 1 is 1.00 bits per heavy atom. The number of benzene rings is 2. The molecule has 10 heteroatoms. The third-order valence-corrected chi connectivity index (χ3v) is 9.98. The van der Waals surface area contributed by atoms with Gasteiger partial charge in [-0.3, -0.25) is 9.59 Å². The van der Waals surface area contributed by atoms with Crippen molar-refractivity contribution in [2.24, 2.45) is 11.8 Å². The fraction of sp³-hybridized carbons (Fsp3) is 0.486. The van der Waals surface area contributed by atoms with Crippen molar-refractivity contribution in [1.82, 2.24) is 10.2 Å². The monoisotopic (exact) mass is 642 g/mol. The molecular formula is C37H42N2O8. The summed E-state index contributed by atoms with van der Waals surface area (Å²) in [6, 6.07) is 13.7. The molecule has 3 aliphatic carbocycles. The Morgan fingerprint density at radius 2 is 1.74 bits per heavy atom. The number of carbonyl (C=O) groups is 3. The maximum Gasteiger partial charge on any atom is 0.339 e. The van der Waals surface area contributed by atoms with Gasteiger partial charge in [0.2, 0.25) is 11.8 Å². The minimum atomic E-state index is -0.765. The number of esters is 1. The molecule has 2 aliphatic heterocycles. The number of aromatic hydroxyl groups is 1. The molecule has 4 fully saturated rings. The first-order valence-corrected chi connectivity index (χ1v) is 16.9. The molecule has 0 radical (unpaired) electrons. The van der Waals surface area contributed by atoms with Gasteiger partial charge in [-0.25, -0.2) is 4.79 Å². The molecule has 4 atom stereocenters. The molecule has 2 saturated carbocycles. The van der Waals surface area contributed by atoms with E-state index in [1.165, 1.54) is 0 Å². The standard InChI is InChI=1S/C37H42N2O8/c40-20-18-38-34(42)29-12-6-19-39(29)35(43)25-21-31(33-32(22-25)46-37(47-33,26-14-15-26)27-16-17-27)45-36(44)28-11-3-1-7-23(28)9-5-10-24-8-2-4-13-30(24)41/h1-5,7-9,11,13,22,26-27,29,31-33,40-41H,6,10,12,14-21H2,(H,38,42)/t29-,31-,32-,33+/m1/s1. The van der Waals surface area contributed by atoms with Crippen molar-refractivity contribution in [3.05, 3.63) is 82.9 Å². The van der Waals surface area contributed by atoms with Crippen molar-refractivity contribution in [1.29, 1.82) is 0 Å². The molecule has 7 rings (SSSR count). The molecule has 0 bridgehead atoms. The molecule has 47 heavy (non-hydrogen) atoms. The third kappa shape index (κ3) is 6.46. The van der Waals surface area contributed by atoms with E-state index in [1.54, 1.807) is 29.2 Å². The van der Waals surface area contributed by atoms with Gasteiger partial charge >= 0.3 is 5.97 Å². The van der Waals surface area contributed by atoms with E-state index in [-0.39, 0.29) is 49.0 Å². The summed E-state index contributed by atoms with van der Waals surface area (Å²) in [7, 11) is 0. The molecule has 2 saturated heterocycles. The van der Waals surface area contributed by atoms with Crippen molar-refractivity contribution < 1.29 is 38.8 Å². The number of hydrogen-bond donors (Lipinski definition) is 3. The topological polar surface area (TPSA) is 135 Å². The molecule has 3 N–H and O–H groups in total. The number of rotatable bonds is 11. The SMILES string of the molecule is O=C(O[C@@H]1CC(C(=O)N2CCC[C@@H]2C(=O)NCCO)=C[C@H]2OC(C3CC3)(C3CC3)O[C@H]21)c1ccccc1C=CCc1ccccc1O. The summed E-state index contributed by atoms with van der Waals surface area (Å²) in [4.78, 5) is 42.3. The van der Waals surface area contributed by atoms with E-state index in [4.69, 9.17) is 19.3 Å². The molecule has 5 aliphatic rings. The number of allylic oxidation sites excluding steroid dienone is 1. The number of aliphatic hydroxyl groups is 1. The lowest BCUT2D eigenvalue weighted by Crippen LogP contribution is -2.49. The Bertz CT molecular complexity index is 1570. The van der Waals surface area contributed by atoms with Crippen LogP contribution in [0.2, 0.25) is 0 Å². The number of aliphatic hydroxyl groups excluding tert-OH is 1. The molecule has 2 aromatic carbocycles. The zero-order valence-electron chi connectivity index (χ0n) is 26.4. The van der Waals surface area contributed by atoms with Crippen LogP contribution in [0.4, 0.5) is 0 Å². The van der Waals surface area contributed by atoms with Crippen LogP contribution in [-0.4, -0.2) is 82.7 Å². The number of hydrogen-bond acceptors (Lipinski definition) is 8. The zero-order valence-corrected chi connectivity index (χ0v) is 26.4. The number of ether oxygens (including phenoxy) is 3. The average molecular weight is 643 g/mol. The van der Waals surface area contributed by atoms with E-state index in [0.29, 0.717) is 42.5 Å². The fourth-order valence-electron chi connectivity index (χ4n) is 7.35. The van der Waals surface area contributed by atoms with Crippen LogP contribution in [0.1, 0.15) is 66.4 Å². The third-order valence-electron chi connectivity index (χ3n) is 9.98. The number of likely N-dealkylation sites (tertiary alicyclic amines) is 1. The summed E-state index contributed by atoms with van der Waals surface area (Å²) in [5, 5.41) is 22.0. The van der Waals surface area contributed by atoms with Crippen molar-refractivity contribution in [2.75, 3.05) is 19.7 Å². The highest BCUT2D eigenvalue weighted by molar-refractivity contribution is 5.98. The van der Waals surface area contributed by atoms with Crippen LogP contribution in [0.5, 0.6) is 5.75 Å². The van der Waals surface area contributed by atoms with Crippen LogP contribution in [0.25, 0.3) is 6.08 Å². The van der Waals surface area contributed by atoms with Crippen molar-refractivity contribution in [3.63, 3.8) is 0 Å². The number of amides is 2. The van der Waals surface area contributed by atoms with E-state index >= 15 is 0 Å². The quantitative estimate of drug-likeness (QED) is 0.314. The second-order valence-corrected chi connectivity index (χ2v) is 13.3. The van der Waals surface area contributed by atoms with Crippen LogP contribution in [0, 0.1) is 11.8 Å². The molecule has 2 aromatic rings. The second kappa shape index (κ2) is 13.3. The van der Waals surface area contributed by atoms with E-state index in [0.717, 1.165) is 31.2 Å². The Hall–Kier alpha value is -3.99. The molecule has 2 amide bonds. The van der Waals surface area contributed by atoms with Gasteiger partial charge in [-0.15, -0.1) is 0 Å². The fourth-order valence-corrected chi connectivity index (χ4v) is 7.35. The average Bonchev–Trinajstić information content (AvgIpc) is 4.03. The normalized spacial score (nSPS) is 26.6. The molecule has 10 nitrogen and oxygen atoms in total. The first-order chi connectivity index (χ1) is 22.9. The van der Waals surface area contributed by atoms with E-state index in [1.807, 2.05) is 42.5 Å². The Labute approximate surface area is 274 Å². The highest BCUT2D eigenvalue weighted by atomic mass is 16.8. The van der Waals surface area contributed by atoms with Crippen molar-refractivity contribution >= 4 is 23.9 Å². The summed E-state index contributed by atoms with van der Waals surface area (Å²) in [6.07, 6.45) is 9.67. The maximum absolute atomic E-state index is 14.0. The predicted molar refractivity (Wildman–Crippen MR) is 172 cm³/mol. The van der Waals surface area contributed by atoms with Gasteiger partial charge in [-0.05, 0) is 74.3 Å². The lowest BCUT2D eigenvalue weighted by Gasteiger charge is -2.33. The second-order valence-electron chi connectivity index (χ2n) is 13.3. The van der Waals surface area contributed by atoms with E-state index in [2.05, 4.69) is 5.32 Å². The molecule has 0 spiro atoms. The summed E-state index contributed by atoms with van der Waals surface area (Å²) in [6.45, 7) is 0.394. The molecule has 0 aromatic heterocycles. The van der Waals surface area contributed by atoms with Gasteiger partial charge in [0.05, 0.1) is 12.2 Å². The highest BCUT2D eigenvalue weighted by Crippen LogP contribution is 2.59. The van der Waals surface area contributed by atoms with Crippen molar-refractivity contribution in [2.45, 2.75) is 81.5 Å². The Kier molecular flexibility index (Phi) is 8.91. The number of phenolic OH excluding ortho intramolecular Hbond substituents is 1. The molecule has 2 heterocycles. The number of fused-ring (bicyclic) bond motifs is 1. The first-order valence-electron chi connectivity index (χ1n) is 16.9. The van der Waals surface area contributed by atoms with Gasteiger partial charge in [-0.2, -0.15) is 0 Å². The van der Waals surface area contributed by atoms with Crippen LogP contribution < -0.4 is 5.32 Å². The molecule has 0 unspecified atom stereocenters. The van der Waals surface area contributed by atoms with Crippen LogP contribution in [-0.2, 0) is 30.2 Å². The van der Waals surface area contributed by atoms with Crippen molar-refractivity contribution in [3.8, 4) is 5.75 Å². The number of nitrogens with zero attached hydrogens (tertiary/aromatic N) is 1. The minimum absolute atomic E-state index is 0.128. The van der Waals surface area contributed by atoms with Gasteiger partial charge in [0, 0.05) is 36.9 Å². The van der Waals surface area contributed by atoms with Crippen LogP contribution >= 0.6 is 0 Å². The van der Waals surface area contributed by atoms with Crippen LogP contribution in [0.15, 0.2) is 66.3 Å². The molecular weight excluding hydrogens is 600 g/mol. The lowest BCUT2D eigenvalue weighted by molar-refractivity contribution is -0.209. The van der Waals surface area contributed by atoms with E-state index < -0.39 is 36.1 Å². The van der Waals surface area contributed by atoms with Crippen LogP contribution in [0.3, 0.4) is 0 Å². The van der Waals surface area contributed by atoms with Gasteiger partial charge in [0.25, 0.3) is 0 Å². The maximum atomic E-state index is 14.0. The Balaban J connectivity index is 1.13.